The second-order valence-corrected chi connectivity index (χ2v) is 10.9. The molecule has 0 bridgehead atoms. The Morgan fingerprint density at radius 3 is 2.50 bits per heavy atom. The summed E-state index contributed by atoms with van der Waals surface area (Å²) in [6, 6.07) is -2.06. The maximum absolute atomic E-state index is 12.1. The van der Waals surface area contributed by atoms with E-state index in [0.29, 0.717) is 5.11 Å². The van der Waals surface area contributed by atoms with Crippen LogP contribution < -0.4 is 10.6 Å². The zero-order chi connectivity index (χ0) is 17.7. The quantitative estimate of drug-likeness (QED) is 0.534. The predicted octanol–water partition coefficient (Wildman–Crippen LogP) is -1.75. The molecule has 2 N–H and O–H groups in total. The average Bonchev–Trinajstić information content (AvgIpc) is 2.96. The minimum Gasteiger partial charge on any atom is -0.450 e. The third-order valence-electron chi connectivity index (χ3n) is 4.48. The Labute approximate surface area is 145 Å². The van der Waals surface area contributed by atoms with Gasteiger partial charge in [0.25, 0.3) is 0 Å². The minimum atomic E-state index is -3.37. The minimum absolute atomic E-state index is 0.0241. The lowest BCUT2D eigenvalue weighted by atomic mass is 10.1. The van der Waals surface area contributed by atoms with Gasteiger partial charge >= 0.3 is 6.09 Å². The van der Waals surface area contributed by atoms with Crippen LogP contribution in [-0.4, -0.2) is 86.7 Å². The van der Waals surface area contributed by atoms with E-state index >= 15 is 0 Å². The highest BCUT2D eigenvalue weighted by atomic mass is 32.2. The first kappa shape index (κ1) is 17.7. The van der Waals surface area contributed by atoms with Crippen molar-refractivity contribution < 1.29 is 26.4 Å². The highest BCUT2D eigenvalue weighted by Gasteiger charge is 2.53. The maximum Gasteiger partial charge on any atom is 0.407 e. The Morgan fingerprint density at radius 1 is 1.21 bits per heavy atom. The van der Waals surface area contributed by atoms with E-state index in [0.717, 1.165) is 0 Å². The van der Waals surface area contributed by atoms with Crippen LogP contribution in [0, 0.1) is 0 Å². The molecule has 3 heterocycles. The van der Waals surface area contributed by atoms with E-state index in [1.54, 1.807) is 11.8 Å². The van der Waals surface area contributed by atoms with Gasteiger partial charge in [-0.3, -0.25) is 0 Å². The molecule has 0 unspecified atom stereocenters. The van der Waals surface area contributed by atoms with E-state index in [2.05, 4.69) is 10.6 Å². The molecule has 9 nitrogen and oxygen atoms in total. The molecular formula is C12H19N3O6S3. The summed E-state index contributed by atoms with van der Waals surface area (Å²) in [7, 11) is -6.57. The summed E-state index contributed by atoms with van der Waals surface area (Å²) < 4.78 is 52.7. The molecule has 0 spiro atoms. The van der Waals surface area contributed by atoms with Crippen LogP contribution in [0.25, 0.3) is 0 Å². The summed E-state index contributed by atoms with van der Waals surface area (Å²) in [6.07, 6.45) is -0.696. The Morgan fingerprint density at radius 2 is 1.83 bits per heavy atom. The zero-order valence-corrected chi connectivity index (χ0v) is 15.4. The smallest absolute Gasteiger partial charge is 0.407 e. The molecule has 3 rings (SSSR count). The van der Waals surface area contributed by atoms with Gasteiger partial charge in [-0.2, -0.15) is 0 Å². The molecule has 0 aromatic carbocycles. The number of fused-ring (bicyclic) bond motifs is 1. The fraction of sp³-hybridized carbons (Fsp3) is 0.833. The molecule has 0 saturated carbocycles. The molecule has 24 heavy (non-hydrogen) atoms. The first-order valence-corrected chi connectivity index (χ1v) is 11.6. The van der Waals surface area contributed by atoms with Crippen molar-refractivity contribution in [3.05, 3.63) is 0 Å². The van der Waals surface area contributed by atoms with Crippen LogP contribution in [0.4, 0.5) is 4.79 Å². The van der Waals surface area contributed by atoms with Crippen LogP contribution >= 0.6 is 12.2 Å². The van der Waals surface area contributed by atoms with Crippen molar-refractivity contribution in [2.45, 2.75) is 31.1 Å². The maximum atomic E-state index is 12.1. The summed E-state index contributed by atoms with van der Waals surface area (Å²) in [5, 5.41) is 5.86. The summed E-state index contributed by atoms with van der Waals surface area (Å²) >= 11 is 5.28. The number of rotatable bonds is 3. The number of carbonyl (C=O) groups is 1. The normalized spacial score (nSPS) is 36.2. The summed E-state index contributed by atoms with van der Waals surface area (Å²) in [5.74, 6) is -0.508. The molecular weight excluding hydrogens is 378 g/mol. The number of carbonyl (C=O) groups excluding carboxylic acids is 1. The fourth-order valence-corrected chi connectivity index (χ4v) is 7.81. The molecule has 1 amide bonds. The van der Waals surface area contributed by atoms with Crippen molar-refractivity contribution in [2.24, 2.45) is 0 Å². The molecule has 3 aliphatic rings. The van der Waals surface area contributed by atoms with Crippen molar-refractivity contribution in [2.75, 3.05) is 29.6 Å². The molecule has 0 aromatic heterocycles. The van der Waals surface area contributed by atoms with Gasteiger partial charge in [-0.25, -0.2) is 21.6 Å². The van der Waals surface area contributed by atoms with Crippen molar-refractivity contribution in [1.29, 1.82) is 0 Å². The monoisotopic (exact) mass is 397 g/mol. The van der Waals surface area contributed by atoms with Gasteiger partial charge in [-0.05, 0) is 19.1 Å². The Hall–Kier alpha value is -1.14. The van der Waals surface area contributed by atoms with Gasteiger partial charge < -0.3 is 20.3 Å². The molecule has 0 aromatic rings. The van der Waals surface area contributed by atoms with Gasteiger partial charge in [-0.15, -0.1) is 0 Å². The average molecular weight is 398 g/mol. The third kappa shape index (κ3) is 3.31. The Bertz CT molecular complexity index is 765. The molecule has 0 radical (unpaired) electrons. The van der Waals surface area contributed by atoms with E-state index in [1.807, 2.05) is 0 Å². The number of nitrogens with one attached hydrogen (secondary N) is 2. The number of ether oxygens (including phenoxy) is 1. The standard InChI is InChI=1S/C12H19N3O6S3/c1-2-21-12(16)14-8-4-24(19,20)6-10(8)15-9-5-23(17,18)3-7(9)13-11(15)22/h7-10H,2-6H2,1H3,(H,13,22)(H,14,16)/t7-,8-,9-,10+/m1/s1. The largest absolute Gasteiger partial charge is 0.450 e. The van der Waals surface area contributed by atoms with Crippen LogP contribution in [0.2, 0.25) is 0 Å². The van der Waals surface area contributed by atoms with Crippen LogP contribution in [0.15, 0.2) is 0 Å². The molecule has 12 heteroatoms. The van der Waals surface area contributed by atoms with E-state index in [-0.39, 0.29) is 35.7 Å². The number of nitrogens with zero attached hydrogens (tertiary/aromatic N) is 1. The lowest BCUT2D eigenvalue weighted by Crippen LogP contribution is -2.55. The van der Waals surface area contributed by atoms with E-state index in [4.69, 9.17) is 17.0 Å². The summed E-state index contributed by atoms with van der Waals surface area (Å²) in [5.41, 5.74) is 0. The molecule has 3 fully saturated rings. The van der Waals surface area contributed by atoms with Crippen LogP contribution in [0.5, 0.6) is 0 Å². The van der Waals surface area contributed by atoms with Crippen LogP contribution in [0.1, 0.15) is 6.92 Å². The second kappa shape index (κ2) is 5.99. The zero-order valence-electron chi connectivity index (χ0n) is 13.0. The van der Waals surface area contributed by atoms with Gasteiger partial charge in [0.2, 0.25) is 0 Å². The van der Waals surface area contributed by atoms with Crippen molar-refractivity contribution in [1.82, 2.24) is 15.5 Å². The van der Waals surface area contributed by atoms with E-state index < -0.39 is 43.9 Å². The summed E-state index contributed by atoms with van der Waals surface area (Å²) in [6.45, 7) is 1.82. The first-order chi connectivity index (χ1) is 11.1. The van der Waals surface area contributed by atoms with Crippen molar-refractivity contribution in [3.63, 3.8) is 0 Å². The fourth-order valence-electron chi connectivity index (χ4n) is 3.59. The van der Waals surface area contributed by atoms with Gasteiger partial charge in [0.15, 0.2) is 24.8 Å². The topological polar surface area (TPSA) is 122 Å². The highest BCUT2D eigenvalue weighted by Crippen LogP contribution is 2.30. The lowest BCUT2D eigenvalue weighted by molar-refractivity contribution is 0.143. The molecule has 3 aliphatic heterocycles. The number of hydrogen-bond donors (Lipinski definition) is 2. The van der Waals surface area contributed by atoms with Crippen LogP contribution in [0.3, 0.4) is 0 Å². The molecule has 3 saturated heterocycles. The number of amides is 1. The van der Waals surface area contributed by atoms with Gasteiger partial charge in [-0.1, -0.05) is 0 Å². The molecule has 0 aliphatic carbocycles. The van der Waals surface area contributed by atoms with Gasteiger partial charge in [0.1, 0.15) is 0 Å². The number of hydrogen-bond acceptors (Lipinski definition) is 7. The predicted molar refractivity (Wildman–Crippen MR) is 90.2 cm³/mol. The molecule has 4 atom stereocenters. The molecule has 136 valence electrons. The van der Waals surface area contributed by atoms with Crippen LogP contribution in [-0.2, 0) is 24.4 Å². The second-order valence-electron chi connectivity index (χ2n) is 6.22. The Balaban J connectivity index is 1.85. The lowest BCUT2D eigenvalue weighted by Gasteiger charge is -2.33. The van der Waals surface area contributed by atoms with E-state index in [1.165, 1.54) is 0 Å². The third-order valence-corrected chi connectivity index (χ3v) is 8.24. The number of alkyl carbamates (subject to hydrolysis) is 1. The number of sulfone groups is 2. The summed E-state index contributed by atoms with van der Waals surface area (Å²) in [4.78, 5) is 13.3. The van der Waals surface area contributed by atoms with E-state index in [9.17, 15) is 21.6 Å². The number of thiocarbonyl (C=S) groups is 1. The first-order valence-electron chi connectivity index (χ1n) is 7.55. The Kier molecular flexibility index (Phi) is 4.41. The SMILES string of the molecule is CCOC(=O)N[C@@H]1CS(=O)(=O)C[C@@H]1N1C(=S)N[C@@H]2CS(=O)(=O)C[C@H]21. The van der Waals surface area contributed by atoms with Crippen molar-refractivity contribution in [3.8, 4) is 0 Å². The van der Waals surface area contributed by atoms with Crippen molar-refractivity contribution >= 4 is 43.1 Å². The highest BCUT2D eigenvalue weighted by molar-refractivity contribution is 7.92. The van der Waals surface area contributed by atoms with Gasteiger partial charge in [0, 0.05) is 0 Å². The van der Waals surface area contributed by atoms with Gasteiger partial charge in [0.05, 0.1) is 53.8 Å².